The lowest BCUT2D eigenvalue weighted by atomic mass is 9.95. The molecule has 0 radical (unpaired) electrons. The van der Waals surface area contributed by atoms with Gasteiger partial charge in [0.05, 0.1) is 6.54 Å². The zero-order valence-corrected chi connectivity index (χ0v) is 11.2. The molecule has 1 saturated carbocycles. The monoisotopic (exact) mass is 261 g/mol. The Hall–Kier alpha value is -1.85. The van der Waals surface area contributed by atoms with E-state index in [0.717, 1.165) is 5.95 Å². The van der Waals surface area contributed by atoms with Crippen LogP contribution in [0.15, 0.2) is 16.9 Å². The second-order valence-electron chi connectivity index (χ2n) is 5.04. The van der Waals surface area contributed by atoms with Gasteiger partial charge in [0.2, 0.25) is 11.8 Å². The molecule has 0 aromatic carbocycles. The zero-order chi connectivity index (χ0) is 13.1. The van der Waals surface area contributed by atoms with E-state index in [4.69, 9.17) is 4.52 Å². The van der Waals surface area contributed by atoms with Gasteiger partial charge in [-0.3, -0.25) is 0 Å². The van der Waals surface area contributed by atoms with Crippen LogP contribution in [0.5, 0.6) is 0 Å². The van der Waals surface area contributed by atoms with Gasteiger partial charge in [-0.25, -0.2) is 4.98 Å². The Kier molecular flexibility index (Phi) is 3.48. The topological polar surface area (TPSA) is 68.8 Å². The van der Waals surface area contributed by atoms with E-state index >= 15 is 0 Å². The minimum atomic E-state index is 0.518. The summed E-state index contributed by atoms with van der Waals surface area (Å²) in [4.78, 5) is 8.55. The molecular weight excluding hydrogens is 242 g/mol. The third-order valence-corrected chi connectivity index (χ3v) is 3.60. The number of hydrogen-bond donors (Lipinski definition) is 1. The lowest BCUT2D eigenvalue weighted by Crippen LogP contribution is -2.15. The van der Waals surface area contributed by atoms with E-state index in [2.05, 4.69) is 31.2 Å². The Morgan fingerprint density at radius 2 is 2.21 bits per heavy atom. The van der Waals surface area contributed by atoms with Gasteiger partial charge < -0.3 is 14.4 Å². The molecule has 3 rings (SSSR count). The smallest absolute Gasteiger partial charge is 0.246 e. The summed E-state index contributed by atoms with van der Waals surface area (Å²) in [6.45, 7) is 2.33. The fourth-order valence-electron chi connectivity index (χ4n) is 2.67. The molecule has 0 aliphatic heterocycles. The summed E-state index contributed by atoms with van der Waals surface area (Å²) in [5.74, 6) is 2.14. The van der Waals surface area contributed by atoms with E-state index in [-0.39, 0.29) is 0 Å². The molecule has 6 nitrogen and oxygen atoms in total. The van der Waals surface area contributed by atoms with Gasteiger partial charge in [0, 0.05) is 18.4 Å². The molecule has 2 aromatic rings. The van der Waals surface area contributed by atoms with Crippen molar-refractivity contribution in [3.8, 4) is 0 Å². The maximum absolute atomic E-state index is 5.09. The SMILES string of the molecule is Cc1noc(CNc2nccn2C2CCCCC2)n1. The van der Waals surface area contributed by atoms with Gasteiger partial charge in [-0.2, -0.15) is 4.98 Å². The first-order chi connectivity index (χ1) is 9.33. The van der Waals surface area contributed by atoms with Crippen molar-refractivity contribution in [1.82, 2.24) is 19.7 Å². The summed E-state index contributed by atoms with van der Waals surface area (Å²) in [5.41, 5.74) is 0. The van der Waals surface area contributed by atoms with Crippen LogP contribution in [0.3, 0.4) is 0 Å². The van der Waals surface area contributed by atoms with E-state index < -0.39 is 0 Å². The Morgan fingerprint density at radius 3 is 2.95 bits per heavy atom. The maximum atomic E-state index is 5.09. The average Bonchev–Trinajstić information content (AvgIpc) is 3.06. The molecule has 0 unspecified atom stereocenters. The van der Waals surface area contributed by atoms with Crippen molar-refractivity contribution in [3.63, 3.8) is 0 Å². The molecule has 2 heterocycles. The van der Waals surface area contributed by atoms with Crippen molar-refractivity contribution in [3.05, 3.63) is 24.1 Å². The molecule has 6 heteroatoms. The lowest BCUT2D eigenvalue weighted by Gasteiger charge is -2.24. The molecule has 0 bridgehead atoms. The van der Waals surface area contributed by atoms with Crippen LogP contribution in [0.1, 0.15) is 49.9 Å². The summed E-state index contributed by atoms with van der Waals surface area (Å²) in [6.07, 6.45) is 10.4. The normalized spacial score (nSPS) is 16.7. The van der Waals surface area contributed by atoms with Gasteiger partial charge in [-0.05, 0) is 19.8 Å². The van der Waals surface area contributed by atoms with Crippen LogP contribution in [-0.4, -0.2) is 19.7 Å². The van der Waals surface area contributed by atoms with E-state index in [9.17, 15) is 0 Å². The predicted octanol–water partition coefficient (Wildman–Crippen LogP) is 2.69. The van der Waals surface area contributed by atoms with E-state index in [1.165, 1.54) is 32.1 Å². The molecule has 1 aliphatic rings. The first kappa shape index (κ1) is 12.2. The van der Waals surface area contributed by atoms with E-state index in [1.807, 2.05) is 13.1 Å². The highest BCUT2D eigenvalue weighted by molar-refractivity contribution is 5.27. The van der Waals surface area contributed by atoms with Crippen LogP contribution in [0, 0.1) is 6.92 Å². The fourth-order valence-corrected chi connectivity index (χ4v) is 2.67. The minimum Gasteiger partial charge on any atom is -0.347 e. The lowest BCUT2D eigenvalue weighted by molar-refractivity contribution is 0.354. The summed E-state index contributed by atoms with van der Waals surface area (Å²) in [7, 11) is 0. The number of aromatic nitrogens is 4. The Balaban J connectivity index is 1.66. The van der Waals surface area contributed by atoms with E-state index in [1.54, 1.807) is 0 Å². The molecular formula is C13H19N5O. The number of hydrogen-bond acceptors (Lipinski definition) is 5. The van der Waals surface area contributed by atoms with Crippen molar-refractivity contribution >= 4 is 5.95 Å². The first-order valence-corrected chi connectivity index (χ1v) is 6.89. The van der Waals surface area contributed by atoms with Crippen molar-refractivity contribution in [2.75, 3.05) is 5.32 Å². The van der Waals surface area contributed by atoms with Crippen LogP contribution in [0.25, 0.3) is 0 Å². The standard InChI is InChI=1S/C13H19N5O/c1-10-16-12(19-17-10)9-15-13-14-7-8-18(13)11-5-3-2-4-6-11/h7-8,11H,2-6,9H2,1H3,(H,14,15). The van der Waals surface area contributed by atoms with Crippen LogP contribution < -0.4 is 5.32 Å². The second kappa shape index (κ2) is 5.42. The highest BCUT2D eigenvalue weighted by Gasteiger charge is 2.17. The number of imidazole rings is 1. The summed E-state index contributed by atoms with van der Waals surface area (Å²) in [6, 6.07) is 0.572. The van der Waals surface area contributed by atoms with Crippen LogP contribution in [0.2, 0.25) is 0 Å². The predicted molar refractivity (Wildman–Crippen MR) is 70.7 cm³/mol. The minimum absolute atomic E-state index is 0.518. The van der Waals surface area contributed by atoms with E-state index in [0.29, 0.717) is 24.3 Å². The molecule has 0 amide bonds. The Labute approximate surface area is 112 Å². The molecule has 2 aromatic heterocycles. The van der Waals surface area contributed by atoms with Crippen molar-refractivity contribution < 1.29 is 4.52 Å². The molecule has 0 atom stereocenters. The molecule has 102 valence electrons. The van der Waals surface area contributed by atoms with Crippen LogP contribution >= 0.6 is 0 Å². The van der Waals surface area contributed by atoms with Gasteiger partial charge in [0.1, 0.15) is 0 Å². The number of nitrogens with one attached hydrogen (secondary N) is 1. The highest BCUT2D eigenvalue weighted by atomic mass is 16.5. The van der Waals surface area contributed by atoms with Crippen LogP contribution in [-0.2, 0) is 6.54 Å². The van der Waals surface area contributed by atoms with Gasteiger partial charge in [0.25, 0.3) is 0 Å². The first-order valence-electron chi connectivity index (χ1n) is 6.89. The molecule has 1 fully saturated rings. The number of rotatable bonds is 4. The quantitative estimate of drug-likeness (QED) is 0.916. The highest BCUT2D eigenvalue weighted by Crippen LogP contribution is 2.30. The third kappa shape index (κ3) is 2.77. The molecule has 1 aliphatic carbocycles. The maximum Gasteiger partial charge on any atom is 0.246 e. The third-order valence-electron chi connectivity index (χ3n) is 3.60. The zero-order valence-electron chi connectivity index (χ0n) is 11.2. The van der Waals surface area contributed by atoms with Gasteiger partial charge in [-0.1, -0.05) is 24.4 Å². The summed E-state index contributed by atoms with van der Waals surface area (Å²) in [5, 5.41) is 7.05. The molecule has 0 saturated heterocycles. The van der Waals surface area contributed by atoms with Crippen molar-refractivity contribution in [2.24, 2.45) is 0 Å². The number of anilines is 1. The van der Waals surface area contributed by atoms with Gasteiger partial charge in [-0.15, -0.1) is 0 Å². The fraction of sp³-hybridized carbons (Fsp3) is 0.615. The van der Waals surface area contributed by atoms with Crippen molar-refractivity contribution in [2.45, 2.75) is 51.6 Å². The van der Waals surface area contributed by atoms with Gasteiger partial charge >= 0.3 is 0 Å². The summed E-state index contributed by atoms with van der Waals surface area (Å²) >= 11 is 0. The van der Waals surface area contributed by atoms with Crippen LogP contribution in [0.4, 0.5) is 5.95 Å². The molecule has 19 heavy (non-hydrogen) atoms. The molecule has 1 N–H and O–H groups in total. The van der Waals surface area contributed by atoms with Crippen molar-refractivity contribution in [1.29, 1.82) is 0 Å². The van der Waals surface area contributed by atoms with Gasteiger partial charge in [0.15, 0.2) is 5.82 Å². The Bertz CT molecular complexity index is 527. The molecule has 0 spiro atoms. The second-order valence-corrected chi connectivity index (χ2v) is 5.04. The average molecular weight is 261 g/mol. The number of aryl methyl sites for hydroxylation is 1. The Morgan fingerprint density at radius 1 is 1.37 bits per heavy atom. The largest absolute Gasteiger partial charge is 0.347 e. The summed E-state index contributed by atoms with van der Waals surface area (Å²) < 4.78 is 7.33. The number of nitrogens with zero attached hydrogens (tertiary/aromatic N) is 4.